The third-order valence-electron chi connectivity index (χ3n) is 4.03. The van der Waals surface area contributed by atoms with Gasteiger partial charge in [0.15, 0.2) is 6.61 Å². The largest absolute Gasteiger partial charge is 0.494 e. The fourth-order valence-corrected chi connectivity index (χ4v) is 2.43. The summed E-state index contributed by atoms with van der Waals surface area (Å²) >= 11 is 0. The Morgan fingerprint density at radius 1 is 1.04 bits per heavy atom. The highest BCUT2D eigenvalue weighted by atomic mass is 16.5. The van der Waals surface area contributed by atoms with Crippen molar-refractivity contribution in [1.82, 2.24) is 0 Å². The Labute approximate surface area is 150 Å². The molecule has 0 aromatic heterocycles. The Hall–Kier alpha value is -2.49. The normalized spacial score (nSPS) is 11.6. The summed E-state index contributed by atoms with van der Waals surface area (Å²) in [6.45, 7) is 7.04. The van der Waals surface area contributed by atoms with E-state index in [0.717, 1.165) is 35.6 Å². The fraction of sp³-hybridized carbons (Fsp3) is 0.381. The smallest absolute Gasteiger partial charge is 0.262 e. The Balaban J connectivity index is 1.89. The van der Waals surface area contributed by atoms with E-state index in [4.69, 9.17) is 9.47 Å². The number of carbonyl (C=O) groups is 1. The van der Waals surface area contributed by atoms with Gasteiger partial charge in [-0.3, -0.25) is 4.79 Å². The molecule has 1 unspecified atom stereocenters. The van der Waals surface area contributed by atoms with Crippen molar-refractivity contribution in [2.45, 2.75) is 39.5 Å². The molecular weight excluding hydrogens is 314 g/mol. The highest BCUT2D eigenvalue weighted by Crippen LogP contribution is 2.28. The summed E-state index contributed by atoms with van der Waals surface area (Å²) in [5.74, 6) is 1.80. The third kappa shape index (κ3) is 5.82. The molecule has 0 aliphatic heterocycles. The second-order valence-electron chi connectivity index (χ2n) is 6.06. The van der Waals surface area contributed by atoms with Crippen LogP contribution in [-0.2, 0) is 4.79 Å². The summed E-state index contributed by atoms with van der Waals surface area (Å²) in [5.41, 5.74) is 1.86. The van der Waals surface area contributed by atoms with Crippen molar-refractivity contribution < 1.29 is 14.3 Å². The van der Waals surface area contributed by atoms with E-state index in [-0.39, 0.29) is 12.5 Å². The van der Waals surface area contributed by atoms with Crippen LogP contribution in [0.15, 0.2) is 48.5 Å². The van der Waals surface area contributed by atoms with Crippen molar-refractivity contribution >= 4 is 11.6 Å². The van der Waals surface area contributed by atoms with E-state index in [1.54, 1.807) is 0 Å². The molecule has 0 saturated carbocycles. The van der Waals surface area contributed by atoms with Gasteiger partial charge in [-0.1, -0.05) is 39.0 Å². The zero-order valence-corrected chi connectivity index (χ0v) is 15.2. The Morgan fingerprint density at radius 3 is 2.44 bits per heavy atom. The van der Waals surface area contributed by atoms with Gasteiger partial charge in [0, 0.05) is 5.69 Å². The van der Waals surface area contributed by atoms with Gasteiger partial charge in [-0.2, -0.15) is 0 Å². The van der Waals surface area contributed by atoms with Crippen molar-refractivity contribution in [1.29, 1.82) is 0 Å². The van der Waals surface area contributed by atoms with Crippen molar-refractivity contribution in [3.63, 3.8) is 0 Å². The quantitative estimate of drug-likeness (QED) is 0.698. The molecule has 4 nitrogen and oxygen atoms in total. The maximum Gasteiger partial charge on any atom is 0.262 e. The number of amides is 1. The van der Waals surface area contributed by atoms with Gasteiger partial charge in [0.05, 0.1) is 6.61 Å². The van der Waals surface area contributed by atoms with E-state index in [9.17, 15) is 4.79 Å². The van der Waals surface area contributed by atoms with Crippen LogP contribution in [0, 0.1) is 0 Å². The second-order valence-corrected chi connectivity index (χ2v) is 6.06. The monoisotopic (exact) mass is 341 g/mol. The predicted molar refractivity (Wildman–Crippen MR) is 102 cm³/mol. The Bertz CT molecular complexity index is 667. The van der Waals surface area contributed by atoms with Crippen LogP contribution in [0.3, 0.4) is 0 Å². The Kier molecular flexibility index (Phi) is 7.33. The molecule has 0 heterocycles. The summed E-state index contributed by atoms with van der Waals surface area (Å²) < 4.78 is 11.3. The van der Waals surface area contributed by atoms with Gasteiger partial charge in [0.2, 0.25) is 0 Å². The summed E-state index contributed by atoms with van der Waals surface area (Å²) in [6, 6.07) is 15.2. The lowest BCUT2D eigenvalue weighted by Crippen LogP contribution is -2.20. The lowest BCUT2D eigenvalue weighted by molar-refractivity contribution is -0.118. The lowest BCUT2D eigenvalue weighted by atomic mass is 9.98. The molecule has 0 fully saturated rings. The summed E-state index contributed by atoms with van der Waals surface area (Å²) in [6.07, 6.45) is 1.99. The first kappa shape index (κ1) is 18.8. The van der Waals surface area contributed by atoms with Crippen LogP contribution in [-0.4, -0.2) is 19.1 Å². The van der Waals surface area contributed by atoms with Crippen LogP contribution < -0.4 is 14.8 Å². The number of anilines is 1. The SMILES string of the molecule is CCCOc1ccc(NC(=O)COc2ccccc2C(C)CC)cc1. The van der Waals surface area contributed by atoms with Gasteiger partial charge >= 0.3 is 0 Å². The van der Waals surface area contributed by atoms with Crippen molar-refractivity contribution in [3.8, 4) is 11.5 Å². The van der Waals surface area contributed by atoms with Crippen LogP contribution in [0.2, 0.25) is 0 Å². The number of ether oxygens (including phenoxy) is 2. The van der Waals surface area contributed by atoms with Crippen LogP contribution >= 0.6 is 0 Å². The van der Waals surface area contributed by atoms with Gasteiger partial charge in [0.25, 0.3) is 5.91 Å². The summed E-state index contributed by atoms with van der Waals surface area (Å²) in [4.78, 5) is 12.1. The van der Waals surface area contributed by atoms with Crippen molar-refractivity contribution in [3.05, 3.63) is 54.1 Å². The number of rotatable bonds is 9. The first-order chi connectivity index (χ1) is 12.1. The molecule has 0 spiro atoms. The number of para-hydroxylation sites is 1. The van der Waals surface area contributed by atoms with Gasteiger partial charge in [0.1, 0.15) is 11.5 Å². The highest BCUT2D eigenvalue weighted by Gasteiger charge is 2.11. The minimum atomic E-state index is -0.179. The molecule has 0 aliphatic carbocycles. The summed E-state index contributed by atoms with van der Waals surface area (Å²) in [7, 11) is 0. The van der Waals surface area contributed by atoms with E-state index in [1.807, 2.05) is 42.5 Å². The average Bonchev–Trinajstić information content (AvgIpc) is 2.65. The molecular formula is C21H27NO3. The second kappa shape index (κ2) is 9.72. The maximum atomic E-state index is 12.1. The van der Waals surface area contributed by atoms with E-state index in [2.05, 4.69) is 32.2 Å². The molecule has 134 valence electrons. The maximum absolute atomic E-state index is 12.1. The molecule has 2 aromatic rings. The molecule has 1 amide bonds. The van der Waals surface area contributed by atoms with E-state index in [1.165, 1.54) is 0 Å². The van der Waals surface area contributed by atoms with Gasteiger partial charge in [-0.15, -0.1) is 0 Å². The molecule has 2 rings (SSSR count). The average molecular weight is 341 g/mol. The van der Waals surface area contributed by atoms with Crippen molar-refractivity contribution in [2.24, 2.45) is 0 Å². The Morgan fingerprint density at radius 2 is 1.76 bits per heavy atom. The van der Waals surface area contributed by atoms with Gasteiger partial charge < -0.3 is 14.8 Å². The zero-order valence-electron chi connectivity index (χ0n) is 15.2. The van der Waals surface area contributed by atoms with Crippen LogP contribution in [0.4, 0.5) is 5.69 Å². The van der Waals surface area contributed by atoms with Crippen molar-refractivity contribution in [2.75, 3.05) is 18.5 Å². The molecule has 1 atom stereocenters. The molecule has 1 N–H and O–H groups in total. The molecule has 4 heteroatoms. The number of benzene rings is 2. The first-order valence-corrected chi connectivity index (χ1v) is 8.88. The van der Waals surface area contributed by atoms with Gasteiger partial charge in [-0.05, 0) is 54.7 Å². The lowest BCUT2D eigenvalue weighted by Gasteiger charge is -2.15. The van der Waals surface area contributed by atoms with Gasteiger partial charge in [-0.25, -0.2) is 0 Å². The van der Waals surface area contributed by atoms with Crippen LogP contribution in [0.25, 0.3) is 0 Å². The minimum Gasteiger partial charge on any atom is -0.494 e. The zero-order chi connectivity index (χ0) is 18.1. The topological polar surface area (TPSA) is 47.6 Å². The predicted octanol–water partition coefficient (Wildman–Crippen LogP) is 5.01. The molecule has 0 bridgehead atoms. The van der Waals surface area contributed by atoms with E-state index >= 15 is 0 Å². The standard InChI is InChI=1S/C21H27NO3/c1-4-14-24-18-12-10-17(11-13-18)22-21(23)15-25-20-9-7-6-8-19(20)16(3)5-2/h6-13,16H,4-5,14-15H2,1-3H3,(H,22,23). The molecule has 25 heavy (non-hydrogen) atoms. The fourth-order valence-electron chi connectivity index (χ4n) is 2.43. The van der Waals surface area contributed by atoms with E-state index < -0.39 is 0 Å². The first-order valence-electron chi connectivity index (χ1n) is 8.88. The molecule has 2 aromatic carbocycles. The number of hydrogen-bond donors (Lipinski definition) is 1. The highest BCUT2D eigenvalue weighted by molar-refractivity contribution is 5.91. The molecule has 0 radical (unpaired) electrons. The van der Waals surface area contributed by atoms with Crippen LogP contribution in [0.1, 0.15) is 45.1 Å². The number of carbonyl (C=O) groups excluding carboxylic acids is 1. The third-order valence-corrected chi connectivity index (χ3v) is 4.03. The minimum absolute atomic E-state index is 0.0124. The number of hydrogen-bond acceptors (Lipinski definition) is 3. The molecule has 0 saturated heterocycles. The summed E-state index contributed by atoms with van der Waals surface area (Å²) in [5, 5.41) is 2.84. The van der Waals surface area contributed by atoms with Crippen LogP contribution in [0.5, 0.6) is 11.5 Å². The molecule has 0 aliphatic rings. The number of nitrogens with one attached hydrogen (secondary N) is 1. The van der Waals surface area contributed by atoms with E-state index in [0.29, 0.717) is 12.5 Å².